The summed E-state index contributed by atoms with van der Waals surface area (Å²) in [4.78, 5) is 32.4. The number of amides is 1. The van der Waals surface area contributed by atoms with Gasteiger partial charge >= 0.3 is 0 Å². The topological polar surface area (TPSA) is 73.2 Å². The van der Waals surface area contributed by atoms with Crippen LogP contribution < -0.4 is 15.6 Å². The van der Waals surface area contributed by atoms with Gasteiger partial charge in [-0.15, -0.1) is 23.1 Å². The minimum Gasteiger partial charge on any atom is -0.497 e. The Hall–Kier alpha value is -3.10. The van der Waals surface area contributed by atoms with Gasteiger partial charge in [0.2, 0.25) is 5.91 Å². The monoisotopic (exact) mass is 463 g/mol. The van der Waals surface area contributed by atoms with Crippen LogP contribution in [0.4, 0.5) is 0 Å². The molecule has 1 amide bonds. The number of benzene rings is 2. The van der Waals surface area contributed by atoms with E-state index in [1.807, 2.05) is 54.2 Å². The lowest BCUT2D eigenvalue weighted by molar-refractivity contribution is -0.122. The highest BCUT2D eigenvalue weighted by molar-refractivity contribution is 7.99. The first-order valence-corrected chi connectivity index (χ1v) is 12.1. The van der Waals surface area contributed by atoms with Crippen molar-refractivity contribution in [3.63, 3.8) is 0 Å². The van der Waals surface area contributed by atoms with E-state index >= 15 is 0 Å². The van der Waals surface area contributed by atoms with Gasteiger partial charge in [-0.1, -0.05) is 18.2 Å². The van der Waals surface area contributed by atoms with E-state index in [2.05, 4.69) is 22.4 Å². The molecule has 0 saturated heterocycles. The predicted molar refractivity (Wildman–Crippen MR) is 129 cm³/mol. The summed E-state index contributed by atoms with van der Waals surface area (Å²) in [5.41, 5.74) is 2.57. The zero-order valence-corrected chi connectivity index (χ0v) is 19.0. The molecule has 8 heteroatoms. The molecule has 1 aliphatic rings. The number of hydrogen-bond donors (Lipinski definition) is 1. The molecule has 1 N–H and O–H groups in total. The van der Waals surface area contributed by atoms with Gasteiger partial charge < -0.3 is 10.1 Å². The zero-order valence-electron chi connectivity index (χ0n) is 17.4. The van der Waals surface area contributed by atoms with Crippen molar-refractivity contribution in [3.05, 3.63) is 76.8 Å². The Kier molecular flexibility index (Phi) is 5.71. The van der Waals surface area contributed by atoms with Gasteiger partial charge in [0.05, 0.1) is 25.0 Å². The lowest BCUT2D eigenvalue weighted by Crippen LogP contribution is -2.35. The van der Waals surface area contributed by atoms with Gasteiger partial charge in [0, 0.05) is 15.5 Å². The van der Waals surface area contributed by atoms with Crippen molar-refractivity contribution >= 4 is 39.2 Å². The quantitative estimate of drug-likeness (QED) is 0.472. The third-order valence-corrected chi connectivity index (χ3v) is 7.77. The van der Waals surface area contributed by atoms with Crippen LogP contribution >= 0.6 is 23.1 Å². The molecule has 1 atom stereocenters. The summed E-state index contributed by atoms with van der Waals surface area (Å²) < 4.78 is 7.14. The first kappa shape index (κ1) is 20.8. The summed E-state index contributed by atoms with van der Waals surface area (Å²) in [6, 6.07) is 17.7. The van der Waals surface area contributed by atoms with Crippen LogP contribution in [0.25, 0.3) is 20.7 Å². The molecule has 6 nitrogen and oxygen atoms in total. The lowest BCUT2D eigenvalue weighted by atomic mass is 10.0. The number of methoxy groups -OCH3 is 1. The molecule has 4 aromatic rings. The van der Waals surface area contributed by atoms with Gasteiger partial charge in [-0.3, -0.25) is 14.2 Å². The number of carbonyl (C=O) groups is 1. The average molecular weight is 464 g/mol. The number of nitrogens with zero attached hydrogens (tertiary/aromatic N) is 2. The summed E-state index contributed by atoms with van der Waals surface area (Å²) in [5.74, 6) is 1.55. The molecular formula is C24H21N3O3S2. The van der Waals surface area contributed by atoms with E-state index in [0.29, 0.717) is 10.2 Å². The standard InChI is InChI=1S/C24H21N3O3S2/c1-30-16-8-6-15(7-9-16)21-12-19-23(32-21)24(29)27(14-25-19)13-22(28)26-18-10-11-31-20-5-3-2-4-17(18)20/h2-9,12,14,18H,10-11,13H2,1H3,(H,26,28)/t18-/m1/s1. The maximum Gasteiger partial charge on any atom is 0.271 e. The minimum atomic E-state index is -0.200. The van der Waals surface area contributed by atoms with Crippen LogP contribution in [0.5, 0.6) is 5.75 Å². The molecule has 0 saturated carbocycles. The maximum atomic E-state index is 13.0. The molecule has 1 aliphatic heterocycles. The number of fused-ring (bicyclic) bond motifs is 2. The Bertz CT molecular complexity index is 1340. The number of ether oxygens (including phenoxy) is 1. The smallest absolute Gasteiger partial charge is 0.271 e. The highest BCUT2D eigenvalue weighted by atomic mass is 32.2. The van der Waals surface area contributed by atoms with Crippen LogP contribution in [0.3, 0.4) is 0 Å². The van der Waals surface area contributed by atoms with E-state index in [1.54, 1.807) is 7.11 Å². The number of hydrogen-bond acceptors (Lipinski definition) is 6. The van der Waals surface area contributed by atoms with E-state index in [-0.39, 0.29) is 24.1 Å². The Morgan fingerprint density at radius 3 is 2.84 bits per heavy atom. The van der Waals surface area contributed by atoms with Crippen LogP contribution in [-0.4, -0.2) is 28.3 Å². The molecule has 0 bridgehead atoms. The average Bonchev–Trinajstić information content (AvgIpc) is 3.26. The molecular weight excluding hydrogens is 442 g/mol. The third-order valence-electron chi connectivity index (χ3n) is 5.49. The van der Waals surface area contributed by atoms with Crippen molar-refractivity contribution in [2.45, 2.75) is 23.9 Å². The Morgan fingerprint density at radius 2 is 2.03 bits per heavy atom. The first-order chi connectivity index (χ1) is 15.6. The molecule has 0 fully saturated rings. The number of rotatable bonds is 5. The number of nitrogens with one attached hydrogen (secondary N) is 1. The fraction of sp³-hybridized carbons (Fsp3) is 0.208. The minimum absolute atomic E-state index is 0.0317. The number of thioether (sulfide) groups is 1. The molecule has 162 valence electrons. The molecule has 0 spiro atoms. The number of thiophene rings is 1. The van der Waals surface area contributed by atoms with Crippen molar-refractivity contribution in [1.29, 1.82) is 0 Å². The van der Waals surface area contributed by atoms with E-state index in [0.717, 1.165) is 33.9 Å². The Labute approximate surface area is 193 Å². The summed E-state index contributed by atoms with van der Waals surface area (Å²) in [6.07, 6.45) is 2.33. The Morgan fingerprint density at radius 1 is 1.22 bits per heavy atom. The zero-order chi connectivity index (χ0) is 22.1. The van der Waals surface area contributed by atoms with Gasteiger partial charge in [-0.25, -0.2) is 4.98 Å². The Balaban J connectivity index is 1.36. The largest absolute Gasteiger partial charge is 0.497 e. The molecule has 0 aliphatic carbocycles. The van der Waals surface area contributed by atoms with Gasteiger partial charge in [0.25, 0.3) is 5.56 Å². The lowest BCUT2D eigenvalue weighted by Gasteiger charge is -2.26. The van der Waals surface area contributed by atoms with Crippen LogP contribution in [0, 0.1) is 0 Å². The van der Waals surface area contributed by atoms with Crippen molar-refractivity contribution in [3.8, 4) is 16.2 Å². The maximum absolute atomic E-state index is 13.0. The second-order valence-electron chi connectivity index (χ2n) is 7.53. The number of carbonyl (C=O) groups excluding carboxylic acids is 1. The van der Waals surface area contributed by atoms with Gasteiger partial charge in [0.15, 0.2) is 0 Å². The third kappa shape index (κ3) is 4.03. The van der Waals surface area contributed by atoms with Crippen molar-refractivity contribution in [2.75, 3.05) is 12.9 Å². The van der Waals surface area contributed by atoms with E-state index in [9.17, 15) is 9.59 Å². The van der Waals surface area contributed by atoms with Crippen molar-refractivity contribution in [2.24, 2.45) is 0 Å². The molecule has 5 rings (SSSR count). The number of aromatic nitrogens is 2. The highest BCUT2D eigenvalue weighted by Gasteiger charge is 2.22. The normalized spacial score (nSPS) is 15.3. The van der Waals surface area contributed by atoms with Crippen LogP contribution in [0.15, 0.2) is 70.6 Å². The summed E-state index contributed by atoms with van der Waals surface area (Å²) >= 11 is 3.19. The molecule has 32 heavy (non-hydrogen) atoms. The fourth-order valence-electron chi connectivity index (χ4n) is 3.84. The fourth-order valence-corrected chi connectivity index (χ4v) is 6.03. The molecule has 2 aromatic carbocycles. The van der Waals surface area contributed by atoms with Gasteiger partial charge in [-0.2, -0.15) is 0 Å². The second kappa shape index (κ2) is 8.80. The molecule has 0 radical (unpaired) electrons. The summed E-state index contributed by atoms with van der Waals surface area (Å²) in [6.45, 7) is -0.0522. The molecule has 3 heterocycles. The predicted octanol–water partition coefficient (Wildman–Crippen LogP) is 4.49. The van der Waals surface area contributed by atoms with Crippen molar-refractivity contribution < 1.29 is 9.53 Å². The highest BCUT2D eigenvalue weighted by Crippen LogP contribution is 2.36. The van der Waals surface area contributed by atoms with E-state index < -0.39 is 0 Å². The van der Waals surface area contributed by atoms with Crippen molar-refractivity contribution in [1.82, 2.24) is 14.9 Å². The van der Waals surface area contributed by atoms with Crippen LogP contribution in [0.1, 0.15) is 18.0 Å². The summed E-state index contributed by atoms with van der Waals surface area (Å²) in [5, 5.41) is 3.09. The van der Waals surface area contributed by atoms with E-state index in [4.69, 9.17) is 4.74 Å². The van der Waals surface area contributed by atoms with E-state index in [1.165, 1.54) is 27.1 Å². The van der Waals surface area contributed by atoms with Crippen LogP contribution in [0.2, 0.25) is 0 Å². The van der Waals surface area contributed by atoms with Crippen LogP contribution in [-0.2, 0) is 11.3 Å². The summed E-state index contributed by atoms with van der Waals surface area (Å²) in [7, 11) is 1.63. The second-order valence-corrected chi connectivity index (χ2v) is 9.72. The molecule has 2 aromatic heterocycles. The van der Waals surface area contributed by atoms with Gasteiger partial charge in [-0.05, 0) is 53.9 Å². The molecule has 0 unspecified atom stereocenters. The SMILES string of the molecule is COc1ccc(-c2cc3ncn(CC(=O)N[C@@H]4CCSc5ccccc54)c(=O)c3s2)cc1. The van der Waals surface area contributed by atoms with Gasteiger partial charge in [0.1, 0.15) is 17.0 Å². The first-order valence-electron chi connectivity index (χ1n) is 10.3.